The first-order valence-electron chi connectivity index (χ1n) is 7.33. The maximum absolute atomic E-state index is 12.4. The predicted octanol–water partition coefficient (Wildman–Crippen LogP) is 3.73. The Morgan fingerprint density at radius 1 is 1.50 bits per heavy atom. The summed E-state index contributed by atoms with van der Waals surface area (Å²) < 4.78 is 10.8. The monoisotopic (exact) mass is 296 g/mol. The van der Waals surface area contributed by atoms with Crippen LogP contribution in [0.4, 0.5) is 0 Å². The van der Waals surface area contributed by atoms with Gasteiger partial charge in [0, 0.05) is 0 Å². The summed E-state index contributed by atoms with van der Waals surface area (Å²) in [4.78, 5) is 12.4. The van der Waals surface area contributed by atoms with E-state index in [1.54, 1.807) is 0 Å². The van der Waals surface area contributed by atoms with E-state index in [2.05, 4.69) is 33.1 Å². The summed E-state index contributed by atoms with van der Waals surface area (Å²) in [6.07, 6.45) is 4.51. The summed E-state index contributed by atoms with van der Waals surface area (Å²) in [7, 11) is -0.0589. The van der Waals surface area contributed by atoms with E-state index in [1.807, 2.05) is 6.08 Å². The molecule has 114 valence electrons. The molecule has 0 amide bonds. The molecule has 1 rings (SSSR count). The fourth-order valence-corrected chi connectivity index (χ4v) is 5.06. The van der Waals surface area contributed by atoms with Gasteiger partial charge in [0.05, 0.1) is 28.4 Å². The SMILES string of the molecule is C=CC/C(=C1/COC[C@]1(CCC)C(=O)OC)[Si](C)(C)C. The van der Waals surface area contributed by atoms with Gasteiger partial charge in [0.1, 0.15) is 5.41 Å². The Morgan fingerprint density at radius 2 is 2.15 bits per heavy atom. The number of esters is 1. The van der Waals surface area contributed by atoms with Gasteiger partial charge < -0.3 is 9.47 Å². The number of carbonyl (C=O) groups excluding carboxylic acids is 1. The average Bonchev–Trinajstić information content (AvgIpc) is 2.78. The number of hydrogen-bond acceptors (Lipinski definition) is 3. The van der Waals surface area contributed by atoms with Crippen molar-refractivity contribution in [3.63, 3.8) is 0 Å². The van der Waals surface area contributed by atoms with Crippen molar-refractivity contribution >= 4 is 14.0 Å². The molecule has 0 N–H and O–H groups in total. The van der Waals surface area contributed by atoms with Crippen LogP contribution in [0, 0.1) is 5.41 Å². The molecule has 3 nitrogen and oxygen atoms in total. The Kier molecular flexibility index (Phi) is 5.77. The zero-order valence-corrected chi connectivity index (χ0v) is 14.5. The standard InChI is InChI=1S/C16H28O3Si/c1-7-9-14(20(4,5)6)13-11-19-12-16(13,10-8-2)15(17)18-3/h7H,1,8-12H2,2-6H3/b14-13+/t16-/m0/s1. The van der Waals surface area contributed by atoms with E-state index < -0.39 is 13.5 Å². The zero-order chi connectivity index (χ0) is 15.4. The summed E-state index contributed by atoms with van der Waals surface area (Å²) in [5, 5.41) is 1.39. The lowest BCUT2D eigenvalue weighted by Gasteiger charge is -2.31. The minimum Gasteiger partial charge on any atom is -0.468 e. The van der Waals surface area contributed by atoms with Crippen molar-refractivity contribution in [2.24, 2.45) is 5.41 Å². The van der Waals surface area contributed by atoms with Gasteiger partial charge in [0.25, 0.3) is 0 Å². The highest BCUT2D eigenvalue weighted by atomic mass is 28.3. The molecular weight excluding hydrogens is 268 g/mol. The molecule has 1 fully saturated rings. The van der Waals surface area contributed by atoms with E-state index in [9.17, 15) is 4.79 Å². The minimum atomic E-state index is -1.53. The maximum Gasteiger partial charge on any atom is 0.318 e. The fourth-order valence-electron chi connectivity index (χ4n) is 3.08. The van der Waals surface area contributed by atoms with Crippen molar-refractivity contribution in [2.75, 3.05) is 20.3 Å². The lowest BCUT2D eigenvalue weighted by atomic mass is 9.78. The van der Waals surface area contributed by atoms with E-state index in [-0.39, 0.29) is 5.97 Å². The molecule has 1 aliphatic heterocycles. The molecule has 1 saturated heterocycles. The molecule has 1 heterocycles. The van der Waals surface area contributed by atoms with Gasteiger partial charge in [0.2, 0.25) is 0 Å². The molecule has 0 aromatic rings. The second kappa shape index (κ2) is 6.72. The van der Waals surface area contributed by atoms with Crippen LogP contribution < -0.4 is 0 Å². The van der Waals surface area contributed by atoms with Crippen LogP contribution in [0.1, 0.15) is 26.2 Å². The van der Waals surface area contributed by atoms with Gasteiger partial charge in [-0.2, -0.15) is 0 Å². The van der Waals surface area contributed by atoms with Gasteiger partial charge in [-0.25, -0.2) is 0 Å². The lowest BCUT2D eigenvalue weighted by molar-refractivity contribution is -0.151. The number of allylic oxidation sites excluding steroid dienone is 2. The third-order valence-corrected chi connectivity index (χ3v) is 6.36. The third-order valence-electron chi connectivity index (χ3n) is 4.04. The molecule has 4 heteroatoms. The average molecular weight is 296 g/mol. The topological polar surface area (TPSA) is 35.5 Å². The fraction of sp³-hybridized carbons (Fsp3) is 0.688. The van der Waals surface area contributed by atoms with E-state index in [4.69, 9.17) is 9.47 Å². The van der Waals surface area contributed by atoms with Crippen molar-refractivity contribution in [2.45, 2.75) is 45.8 Å². The molecule has 0 unspecified atom stereocenters. The Hall–Kier alpha value is -0.873. The van der Waals surface area contributed by atoms with Crippen LogP contribution in [0.5, 0.6) is 0 Å². The van der Waals surface area contributed by atoms with E-state index in [1.165, 1.54) is 17.9 Å². The summed E-state index contributed by atoms with van der Waals surface area (Å²) >= 11 is 0. The molecule has 0 spiro atoms. The van der Waals surface area contributed by atoms with Gasteiger partial charge in [-0.15, -0.1) is 6.58 Å². The van der Waals surface area contributed by atoms with Gasteiger partial charge in [-0.05, 0) is 18.4 Å². The first kappa shape index (κ1) is 17.2. The Morgan fingerprint density at radius 3 is 2.60 bits per heavy atom. The van der Waals surface area contributed by atoms with Crippen molar-refractivity contribution in [1.82, 2.24) is 0 Å². The second-order valence-electron chi connectivity index (χ2n) is 6.52. The lowest BCUT2D eigenvalue weighted by Crippen LogP contribution is -2.38. The van der Waals surface area contributed by atoms with Gasteiger partial charge in [-0.3, -0.25) is 4.79 Å². The summed E-state index contributed by atoms with van der Waals surface area (Å²) in [5.74, 6) is -0.147. The molecule has 1 aliphatic rings. The smallest absolute Gasteiger partial charge is 0.318 e. The molecular formula is C16H28O3Si. The van der Waals surface area contributed by atoms with Crippen molar-refractivity contribution in [3.05, 3.63) is 23.4 Å². The maximum atomic E-state index is 12.4. The first-order chi connectivity index (χ1) is 9.33. The van der Waals surface area contributed by atoms with Crippen LogP contribution in [0.3, 0.4) is 0 Å². The zero-order valence-electron chi connectivity index (χ0n) is 13.5. The highest BCUT2D eigenvalue weighted by Crippen LogP contribution is 2.43. The van der Waals surface area contributed by atoms with E-state index in [0.717, 1.165) is 19.3 Å². The van der Waals surface area contributed by atoms with E-state index in [0.29, 0.717) is 13.2 Å². The number of methoxy groups -OCH3 is 1. The number of rotatable bonds is 6. The van der Waals surface area contributed by atoms with Crippen LogP contribution in [0.2, 0.25) is 19.6 Å². The van der Waals surface area contributed by atoms with Gasteiger partial charge in [0.15, 0.2) is 0 Å². The van der Waals surface area contributed by atoms with Crippen LogP contribution in [-0.4, -0.2) is 34.4 Å². The van der Waals surface area contributed by atoms with Crippen LogP contribution >= 0.6 is 0 Å². The largest absolute Gasteiger partial charge is 0.468 e. The normalized spacial score (nSPS) is 25.4. The van der Waals surface area contributed by atoms with Crippen molar-refractivity contribution in [3.8, 4) is 0 Å². The number of hydrogen-bond donors (Lipinski definition) is 0. The summed E-state index contributed by atoms with van der Waals surface area (Å²) in [6.45, 7) is 13.9. The Bertz CT molecular complexity index is 406. The molecule has 0 aromatic heterocycles. The van der Waals surface area contributed by atoms with Crippen LogP contribution in [0.25, 0.3) is 0 Å². The molecule has 20 heavy (non-hydrogen) atoms. The summed E-state index contributed by atoms with van der Waals surface area (Å²) in [6, 6.07) is 0. The number of ether oxygens (including phenoxy) is 2. The van der Waals surface area contributed by atoms with Crippen molar-refractivity contribution in [1.29, 1.82) is 0 Å². The number of carbonyl (C=O) groups is 1. The third kappa shape index (κ3) is 3.23. The minimum absolute atomic E-state index is 0.147. The van der Waals surface area contributed by atoms with Gasteiger partial charge in [-0.1, -0.05) is 44.3 Å². The highest BCUT2D eigenvalue weighted by molar-refractivity contribution is 6.83. The molecule has 0 radical (unpaired) electrons. The van der Waals surface area contributed by atoms with Crippen LogP contribution in [0.15, 0.2) is 23.4 Å². The second-order valence-corrected chi connectivity index (χ2v) is 11.6. The molecule has 0 bridgehead atoms. The molecule has 0 saturated carbocycles. The highest BCUT2D eigenvalue weighted by Gasteiger charge is 2.48. The van der Waals surface area contributed by atoms with E-state index >= 15 is 0 Å². The predicted molar refractivity (Wildman–Crippen MR) is 85.4 cm³/mol. The molecule has 0 aliphatic carbocycles. The Balaban J connectivity index is 3.42. The van der Waals surface area contributed by atoms with Crippen LogP contribution in [-0.2, 0) is 14.3 Å². The molecule has 1 atom stereocenters. The molecule has 0 aromatic carbocycles. The van der Waals surface area contributed by atoms with Gasteiger partial charge >= 0.3 is 5.97 Å². The first-order valence-corrected chi connectivity index (χ1v) is 10.8. The van der Waals surface area contributed by atoms with Crippen molar-refractivity contribution < 1.29 is 14.3 Å². The summed E-state index contributed by atoms with van der Waals surface area (Å²) in [5.41, 5.74) is 0.604. The Labute approximate surface area is 124 Å². The quantitative estimate of drug-likeness (QED) is 0.426.